The van der Waals surface area contributed by atoms with Crippen LogP contribution < -0.4 is 0 Å². The van der Waals surface area contributed by atoms with Gasteiger partial charge >= 0.3 is 5.97 Å². The quantitative estimate of drug-likeness (QED) is 0.623. The van der Waals surface area contributed by atoms with Crippen molar-refractivity contribution in [2.75, 3.05) is 5.75 Å². The molecular weight excluding hydrogens is 372 g/mol. The summed E-state index contributed by atoms with van der Waals surface area (Å²) in [5.74, 6) is -1.15. The number of aliphatic hydroxyl groups excluding tert-OH is 1. The lowest BCUT2D eigenvalue weighted by atomic mass is 10.2. The monoisotopic (exact) mass is 390 g/mol. The van der Waals surface area contributed by atoms with Crippen molar-refractivity contribution in [1.29, 1.82) is 0 Å². The molecule has 24 heavy (non-hydrogen) atoms. The fraction of sp³-hybridized carbons (Fsp3) is 0.375. The minimum atomic E-state index is -0.833. The second kappa shape index (κ2) is 9.25. The van der Waals surface area contributed by atoms with Crippen LogP contribution in [-0.2, 0) is 14.3 Å². The number of aryl methyl sites for hydroxylation is 1. The van der Waals surface area contributed by atoms with Gasteiger partial charge in [0.1, 0.15) is 6.10 Å². The topological polar surface area (TPSA) is 83.8 Å². The van der Waals surface area contributed by atoms with Crippen LogP contribution in [0.15, 0.2) is 32.6 Å². The molecule has 3 rings (SSSR count). The SMILES string of the molecule is CC.CC(=O)O.Cc1ccc(Cl)c2c1SCC1OC(=O)C(O)=C1S2. The van der Waals surface area contributed by atoms with E-state index in [1.54, 1.807) is 11.8 Å². The van der Waals surface area contributed by atoms with E-state index in [0.29, 0.717) is 15.7 Å². The highest BCUT2D eigenvalue weighted by atomic mass is 35.5. The molecule has 1 aromatic carbocycles. The van der Waals surface area contributed by atoms with Crippen molar-refractivity contribution in [3.63, 3.8) is 0 Å². The number of halogens is 1. The molecule has 0 fully saturated rings. The van der Waals surface area contributed by atoms with E-state index in [4.69, 9.17) is 26.2 Å². The highest BCUT2D eigenvalue weighted by Gasteiger charge is 2.37. The highest BCUT2D eigenvalue weighted by molar-refractivity contribution is 8.05. The van der Waals surface area contributed by atoms with Gasteiger partial charge in [0.05, 0.1) is 9.93 Å². The molecule has 0 saturated heterocycles. The summed E-state index contributed by atoms with van der Waals surface area (Å²) >= 11 is 9.13. The number of benzene rings is 1. The maximum atomic E-state index is 11.3. The number of ether oxygens (including phenoxy) is 1. The van der Waals surface area contributed by atoms with Gasteiger partial charge in [-0.25, -0.2) is 4.79 Å². The number of carbonyl (C=O) groups excluding carboxylic acids is 1. The molecule has 1 atom stereocenters. The zero-order chi connectivity index (χ0) is 18.4. The van der Waals surface area contributed by atoms with Crippen molar-refractivity contribution in [1.82, 2.24) is 0 Å². The number of carbonyl (C=O) groups is 2. The molecule has 2 aliphatic heterocycles. The van der Waals surface area contributed by atoms with Crippen LogP contribution in [0.4, 0.5) is 0 Å². The van der Waals surface area contributed by atoms with Gasteiger partial charge in [-0.3, -0.25) is 4.79 Å². The Bertz CT molecular complexity index is 669. The second-order valence-electron chi connectivity index (χ2n) is 4.56. The van der Waals surface area contributed by atoms with Crippen molar-refractivity contribution in [2.24, 2.45) is 0 Å². The zero-order valence-electron chi connectivity index (χ0n) is 13.8. The van der Waals surface area contributed by atoms with Crippen molar-refractivity contribution in [3.8, 4) is 0 Å². The van der Waals surface area contributed by atoms with Gasteiger partial charge in [-0.2, -0.15) is 0 Å². The first-order chi connectivity index (χ1) is 11.3. The van der Waals surface area contributed by atoms with E-state index in [1.807, 2.05) is 32.9 Å². The minimum absolute atomic E-state index is 0.281. The van der Waals surface area contributed by atoms with Gasteiger partial charge in [-0.15, -0.1) is 11.8 Å². The summed E-state index contributed by atoms with van der Waals surface area (Å²) in [5, 5.41) is 17.8. The first-order valence-electron chi connectivity index (χ1n) is 7.24. The summed E-state index contributed by atoms with van der Waals surface area (Å²) in [6.07, 6.45) is -0.365. The third-order valence-electron chi connectivity index (χ3n) is 2.82. The molecule has 0 amide bonds. The predicted octanol–water partition coefficient (Wildman–Crippen LogP) is 4.66. The van der Waals surface area contributed by atoms with E-state index in [1.165, 1.54) is 11.8 Å². The smallest absolute Gasteiger partial charge is 0.375 e. The summed E-state index contributed by atoms with van der Waals surface area (Å²) < 4.78 is 5.12. The molecule has 2 N–H and O–H groups in total. The summed E-state index contributed by atoms with van der Waals surface area (Å²) in [6, 6.07) is 3.80. The second-order valence-corrected chi connectivity index (χ2v) is 7.05. The molecule has 1 aromatic rings. The Morgan fingerprint density at radius 2 is 1.92 bits per heavy atom. The molecule has 0 saturated carbocycles. The minimum Gasteiger partial charge on any atom is -0.501 e. The van der Waals surface area contributed by atoms with Gasteiger partial charge in [0, 0.05) is 22.5 Å². The number of aliphatic hydroxyl groups is 1. The Morgan fingerprint density at radius 3 is 2.50 bits per heavy atom. The number of rotatable bonds is 0. The van der Waals surface area contributed by atoms with Gasteiger partial charge in [0.2, 0.25) is 5.76 Å². The molecule has 132 valence electrons. The molecule has 0 radical (unpaired) electrons. The number of carboxylic acid groups (broad SMARTS) is 1. The Morgan fingerprint density at radius 1 is 1.33 bits per heavy atom. The third-order valence-corrected chi connectivity index (χ3v) is 5.97. The van der Waals surface area contributed by atoms with Crippen LogP contribution in [0.3, 0.4) is 0 Å². The lowest BCUT2D eigenvalue weighted by molar-refractivity contribution is -0.141. The molecule has 0 aromatic heterocycles. The first-order valence-corrected chi connectivity index (χ1v) is 9.42. The van der Waals surface area contributed by atoms with Crippen LogP contribution in [-0.4, -0.2) is 34.0 Å². The number of hydrogen-bond donors (Lipinski definition) is 2. The standard InChI is InChI=1S/C12H9ClO3S2.C2H4O2.C2H6/c1-5-2-3-6(13)10-9(5)17-4-7-11(18-10)8(14)12(15)16-7;1-2(3)4;1-2/h2-3,7,14H,4H2,1H3;1H3,(H,3,4);1-2H3. The normalized spacial score (nSPS) is 18.0. The fourth-order valence-corrected chi connectivity index (χ4v) is 4.80. The average molecular weight is 391 g/mol. The van der Waals surface area contributed by atoms with E-state index in [0.717, 1.165) is 22.3 Å². The van der Waals surface area contributed by atoms with Crippen molar-refractivity contribution < 1.29 is 24.5 Å². The molecule has 0 spiro atoms. The van der Waals surface area contributed by atoms with Crippen LogP contribution in [0.25, 0.3) is 0 Å². The summed E-state index contributed by atoms with van der Waals surface area (Å²) in [4.78, 5) is 22.9. The number of fused-ring (bicyclic) bond motifs is 2. The number of aliphatic carboxylic acids is 1. The Balaban J connectivity index is 0.000000423. The number of esters is 1. The van der Waals surface area contributed by atoms with Crippen LogP contribution >= 0.6 is 35.1 Å². The van der Waals surface area contributed by atoms with E-state index in [9.17, 15) is 9.90 Å². The van der Waals surface area contributed by atoms with Gasteiger partial charge in [-0.05, 0) is 18.6 Å². The van der Waals surface area contributed by atoms with Crippen LogP contribution in [0.5, 0.6) is 0 Å². The van der Waals surface area contributed by atoms with E-state index < -0.39 is 11.9 Å². The molecule has 0 aliphatic carbocycles. The highest BCUT2D eigenvalue weighted by Crippen LogP contribution is 2.49. The Labute approximate surface area is 154 Å². The van der Waals surface area contributed by atoms with E-state index in [-0.39, 0.29) is 11.9 Å². The van der Waals surface area contributed by atoms with Gasteiger partial charge < -0.3 is 14.9 Å². The largest absolute Gasteiger partial charge is 0.501 e. The summed E-state index contributed by atoms with van der Waals surface area (Å²) in [5.41, 5.74) is 1.14. The molecule has 1 unspecified atom stereocenters. The number of carboxylic acids is 1. The van der Waals surface area contributed by atoms with Gasteiger partial charge in [0.25, 0.3) is 5.97 Å². The van der Waals surface area contributed by atoms with Gasteiger partial charge in [-0.1, -0.05) is 43.3 Å². The molecule has 8 heteroatoms. The fourth-order valence-electron chi connectivity index (χ4n) is 1.90. The zero-order valence-corrected chi connectivity index (χ0v) is 16.1. The van der Waals surface area contributed by atoms with Crippen LogP contribution in [0.1, 0.15) is 26.3 Å². The molecule has 5 nitrogen and oxygen atoms in total. The van der Waals surface area contributed by atoms with Crippen molar-refractivity contribution in [2.45, 2.75) is 43.6 Å². The van der Waals surface area contributed by atoms with E-state index in [2.05, 4.69) is 0 Å². The summed E-state index contributed by atoms with van der Waals surface area (Å²) in [7, 11) is 0. The van der Waals surface area contributed by atoms with Crippen molar-refractivity contribution in [3.05, 3.63) is 33.4 Å². The average Bonchev–Trinajstić information content (AvgIpc) is 2.70. The molecular formula is C16H19ClO5S2. The van der Waals surface area contributed by atoms with E-state index >= 15 is 0 Å². The molecule has 0 bridgehead atoms. The molecule has 2 aliphatic rings. The predicted molar refractivity (Wildman–Crippen MR) is 97.0 cm³/mol. The Kier molecular flexibility index (Phi) is 7.99. The lowest BCUT2D eigenvalue weighted by Crippen LogP contribution is -2.12. The third kappa shape index (κ3) is 4.84. The lowest BCUT2D eigenvalue weighted by Gasteiger charge is -2.09. The van der Waals surface area contributed by atoms with Gasteiger partial charge in [0.15, 0.2) is 0 Å². The number of thioether (sulfide) groups is 2. The maximum absolute atomic E-state index is 11.3. The maximum Gasteiger partial charge on any atom is 0.375 e. The van der Waals surface area contributed by atoms with Crippen molar-refractivity contribution >= 4 is 47.1 Å². The van der Waals surface area contributed by atoms with Crippen LogP contribution in [0.2, 0.25) is 5.02 Å². The first kappa shape index (κ1) is 20.7. The van der Waals surface area contributed by atoms with Crippen LogP contribution in [0, 0.1) is 6.92 Å². The summed E-state index contributed by atoms with van der Waals surface area (Å²) in [6.45, 7) is 7.10. The number of hydrogen-bond acceptors (Lipinski definition) is 6. The Hall–Kier alpha value is -1.31. The molecule has 2 heterocycles.